The third-order valence-corrected chi connectivity index (χ3v) is 5.45. The number of amides is 1. The molecule has 1 aliphatic rings. The van der Waals surface area contributed by atoms with Gasteiger partial charge in [0.05, 0.1) is 7.11 Å². The van der Waals surface area contributed by atoms with Crippen LogP contribution in [0.3, 0.4) is 0 Å². The average Bonchev–Trinajstić information content (AvgIpc) is 2.61. The van der Waals surface area contributed by atoms with Gasteiger partial charge in [-0.1, -0.05) is 0 Å². The maximum Gasteiger partial charge on any atom is 0.253 e. The van der Waals surface area contributed by atoms with Gasteiger partial charge in [-0.15, -0.1) is 0 Å². The maximum absolute atomic E-state index is 12.6. The van der Waals surface area contributed by atoms with Gasteiger partial charge in [0.15, 0.2) is 0 Å². The number of nitrogens with one attached hydrogen (secondary N) is 1. The molecule has 0 bridgehead atoms. The Morgan fingerprint density at radius 2 is 2.00 bits per heavy atom. The van der Waals surface area contributed by atoms with E-state index in [1.54, 1.807) is 11.0 Å². The molecule has 0 aliphatic carbocycles. The van der Waals surface area contributed by atoms with Gasteiger partial charge in [-0.3, -0.25) is 4.79 Å². The highest BCUT2D eigenvalue weighted by Crippen LogP contribution is 2.26. The van der Waals surface area contributed by atoms with E-state index in [9.17, 15) is 13.2 Å². The number of carbonyl (C=O) groups excluding carboxylic acids is 1. The van der Waals surface area contributed by atoms with Crippen molar-refractivity contribution in [1.29, 1.82) is 0 Å². The fourth-order valence-electron chi connectivity index (χ4n) is 2.66. The summed E-state index contributed by atoms with van der Waals surface area (Å²) in [6, 6.07) is 4.44. The first-order valence-electron chi connectivity index (χ1n) is 8.07. The fraction of sp³-hybridized carbons (Fsp3) is 0.562. The van der Waals surface area contributed by atoms with Crippen molar-refractivity contribution < 1.29 is 23.1 Å². The van der Waals surface area contributed by atoms with E-state index in [4.69, 9.17) is 9.84 Å². The third kappa shape index (κ3) is 4.46. The molecule has 2 N–H and O–H groups in total. The fourth-order valence-corrected chi connectivity index (χ4v) is 3.93. The predicted octanol–water partition coefficient (Wildman–Crippen LogP) is 0.982. The Morgan fingerprint density at radius 1 is 1.29 bits per heavy atom. The van der Waals surface area contributed by atoms with Crippen LogP contribution >= 0.6 is 0 Å². The van der Waals surface area contributed by atoms with Gasteiger partial charge in [-0.2, -0.15) is 0 Å². The number of aliphatic hydroxyl groups is 1. The molecule has 1 aromatic carbocycles. The maximum atomic E-state index is 12.6. The molecule has 1 fully saturated rings. The molecule has 1 heterocycles. The molecule has 0 saturated carbocycles. The molecule has 7 nitrogen and oxygen atoms in total. The number of hydrogen-bond acceptors (Lipinski definition) is 5. The summed E-state index contributed by atoms with van der Waals surface area (Å²) in [5.41, 5.74) is 0.334. The minimum absolute atomic E-state index is 0.0641. The summed E-state index contributed by atoms with van der Waals surface area (Å²) < 4.78 is 32.4. The number of aliphatic hydroxyl groups excluding tert-OH is 1. The zero-order chi connectivity index (χ0) is 17.6. The number of nitrogens with zero attached hydrogens (tertiary/aromatic N) is 1. The van der Waals surface area contributed by atoms with Crippen LogP contribution in [0.15, 0.2) is 23.1 Å². The molecule has 134 valence electrons. The van der Waals surface area contributed by atoms with E-state index in [1.807, 2.05) is 0 Å². The van der Waals surface area contributed by atoms with Crippen LogP contribution < -0.4 is 9.46 Å². The van der Waals surface area contributed by atoms with Crippen molar-refractivity contribution in [2.24, 2.45) is 0 Å². The van der Waals surface area contributed by atoms with E-state index >= 15 is 0 Å². The number of hydrogen-bond donors (Lipinski definition) is 2. The SMILES string of the molecule is COc1ccc(C(=O)N2CCCCC2)cc1S(=O)(=O)NCCCO. The number of benzene rings is 1. The van der Waals surface area contributed by atoms with Gasteiger partial charge in [0.1, 0.15) is 10.6 Å². The smallest absolute Gasteiger partial charge is 0.253 e. The Bertz CT molecular complexity index is 669. The molecule has 0 atom stereocenters. The molecule has 1 amide bonds. The van der Waals surface area contributed by atoms with Crippen molar-refractivity contribution in [3.05, 3.63) is 23.8 Å². The summed E-state index contributed by atoms with van der Waals surface area (Å²) in [6.07, 6.45) is 3.36. The number of carbonyl (C=O) groups is 1. The molecule has 0 unspecified atom stereocenters. The van der Waals surface area contributed by atoms with Crippen LogP contribution in [0, 0.1) is 0 Å². The average molecular weight is 356 g/mol. The van der Waals surface area contributed by atoms with Gasteiger partial charge in [-0.05, 0) is 43.9 Å². The first-order valence-corrected chi connectivity index (χ1v) is 9.56. The van der Waals surface area contributed by atoms with Crippen LogP contribution in [0.4, 0.5) is 0 Å². The molecular weight excluding hydrogens is 332 g/mol. The monoisotopic (exact) mass is 356 g/mol. The number of piperidine rings is 1. The molecule has 24 heavy (non-hydrogen) atoms. The first-order chi connectivity index (χ1) is 11.5. The van der Waals surface area contributed by atoms with Crippen LogP contribution in [0.1, 0.15) is 36.0 Å². The van der Waals surface area contributed by atoms with Gasteiger partial charge in [-0.25, -0.2) is 13.1 Å². The zero-order valence-electron chi connectivity index (χ0n) is 13.8. The molecule has 2 rings (SSSR count). The number of ether oxygens (including phenoxy) is 1. The van der Waals surface area contributed by atoms with Gasteiger partial charge in [0.25, 0.3) is 5.91 Å². The van der Waals surface area contributed by atoms with Crippen molar-refractivity contribution in [1.82, 2.24) is 9.62 Å². The second-order valence-electron chi connectivity index (χ2n) is 5.69. The third-order valence-electron chi connectivity index (χ3n) is 3.97. The molecule has 0 radical (unpaired) electrons. The highest BCUT2D eigenvalue weighted by atomic mass is 32.2. The van der Waals surface area contributed by atoms with Crippen LogP contribution in [0.5, 0.6) is 5.75 Å². The lowest BCUT2D eigenvalue weighted by Gasteiger charge is -2.27. The summed E-state index contributed by atoms with van der Waals surface area (Å²) >= 11 is 0. The van der Waals surface area contributed by atoms with Crippen molar-refractivity contribution in [2.75, 3.05) is 33.4 Å². The van der Waals surface area contributed by atoms with Crippen LogP contribution in [-0.2, 0) is 10.0 Å². The normalized spacial score (nSPS) is 15.3. The Balaban J connectivity index is 2.28. The Labute approximate surface area is 142 Å². The lowest BCUT2D eigenvalue weighted by atomic mass is 10.1. The standard InChI is InChI=1S/C16H24N2O5S/c1-23-14-7-6-13(16(20)18-9-3-2-4-10-18)12-15(14)24(21,22)17-8-5-11-19/h6-7,12,17,19H,2-5,8-11H2,1H3. The van der Waals surface area contributed by atoms with Crippen molar-refractivity contribution in [3.8, 4) is 5.75 Å². The molecule has 1 aliphatic heterocycles. The van der Waals surface area contributed by atoms with Gasteiger partial charge >= 0.3 is 0 Å². The van der Waals surface area contributed by atoms with Crippen molar-refractivity contribution in [2.45, 2.75) is 30.6 Å². The van der Waals surface area contributed by atoms with Gasteiger partial charge in [0, 0.05) is 31.8 Å². The van der Waals surface area contributed by atoms with E-state index in [0.29, 0.717) is 25.1 Å². The first kappa shape index (κ1) is 18.7. The summed E-state index contributed by atoms with van der Waals surface area (Å²) in [7, 11) is -2.44. The summed E-state index contributed by atoms with van der Waals surface area (Å²) in [5, 5.41) is 8.79. The van der Waals surface area contributed by atoms with Crippen LogP contribution in [-0.4, -0.2) is 57.7 Å². The van der Waals surface area contributed by atoms with E-state index < -0.39 is 10.0 Å². The molecule has 0 spiro atoms. The second-order valence-corrected chi connectivity index (χ2v) is 7.43. The Kier molecular flexibility index (Phi) is 6.59. The molecule has 8 heteroatoms. The van der Waals surface area contributed by atoms with Crippen molar-refractivity contribution in [3.63, 3.8) is 0 Å². The molecule has 1 aromatic rings. The van der Waals surface area contributed by atoms with E-state index in [0.717, 1.165) is 19.3 Å². The number of sulfonamides is 1. The second kappa shape index (κ2) is 8.46. The van der Waals surface area contributed by atoms with E-state index in [2.05, 4.69) is 4.72 Å². The minimum atomic E-state index is -3.82. The largest absolute Gasteiger partial charge is 0.495 e. The quantitative estimate of drug-likeness (QED) is 0.710. The van der Waals surface area contributed by atoms with Crippen LogP contribution in [0.25, 0.3) is 0 Å². The van der Waals surface area contributed by atoms with E-state index in [1.165, 1.54) is 19.2 Å². The predicted molar refractivity (Wildman–Crippen MR) is 89.6 cm³/mol. The Hall–Kier alpha value is -1.64. The summed E-state index contributed by atoms with van der Waals surface area (Å²) in [6.45, 7) is 1.41. The lowest BCUT2D eigenvalue weighted by Crippen LogP contribution is -2.35. The van der Waals surface area contributed by atoms with E-state index in [-0.39, 0.29) is 29.7 Å². The number of rotatable bonds is 7. The van der Waals surface area contributed by atoms with Gasteiger partial charge < -0.3 is 14.7 Å². The summed E-state index contributed by atoms with van der Waals surface area (Å²) in [5.74, 6) is 0.0193. The van der Waals surface area contributed by atoms with Crippen LogP contribution in [0.2, 0.25) is 0 Å². The highest BCUT2D eigenvalue weighted by Gasteiger charge is 2.24. The minimum Gasteiger partial charge on any atom is -0.495 e. The zero-order valence-corrected chi connectivity index (χ0v) is 14.6. The number of methoxy groups -OCH3 is 1. The summed E-state index contributed by atoms with van der Waals surface area (Å²) in [4.78, 5) is 14.3. The molecule has 1 saturated heterocycles. The molecular formula is C16H24N2O5S. The topological polar surface area (TPSA) is 95.9 Å². The lowest BCUT2D eigenvalue weighted by molar-refractivity contribution is 0.0724. The number of likely N-dealkylation sites (tertiary alicyclic amines) is 1. The van der Waals surface area contributed by atoms with Crippen molar-refractivity contribution >= 4 is 15.9 Å². The highest BCUT2D eigenvalue weighted by molar-refractivity contribution is 7.89. The molecule has 0 aromatic heterocycles. The Morgan fingerprint density at radius 3 is 2.62 bits per heavy atom. The van der Waals surface area contributed by atoms with Gasteiger partial charge in [0.2, 0.25) is 10.0 Å².